The summed E-state index contributed by atoms with van der Waals surface area (Å²) in [5.74, 6) is -0.311. The van der Waals surface area contributed by atoms with Crippen LogP contribution in [0.15, 0.2) is 12.7 Å². The largest absolute Gasteiger partial charge is 0.464 e. The quantitative estimate of drug-likeness (QED) is 0.170. The highest BCUT2D eigenvalue weighted by Gasteiger charge is 2.44. The predicted molar refractivity (Wildman–Crippen MR) is 118 cm³/mol. The summed E-state index contributed by atoms with van der Waals surface area (Å²) in [5, 5.41) is 2.74. The van der Waals surface area contributed by atoms with Gasteiger partial charge in [0, 0.05) is 0 Å². The van der Waals surface area contributed by atoms with E-state index >= 15 is 0 Å². The van der Waals surface area contributed by atoms with E-state index in [1.165, 1.54) is 70.3 Å². The molecule has 0 heterocycles. The molecule has 168 valence electrons. The highest BCUT2D eigenvalue weighted by Crippen LogP contribution is 2.31. The van der Waals surface area contributed by atoms with Crippen LogP contribution in [-0.4, -0.2) is 30.8 Å². The molecule has 1 aliphatic carbocycles. The summed E-state index contributed by atoms with van der Waals surface area (Å²) in [5.41, 5.74) is -0.907. The number of alkyl carbamates (subject to hydrolysis) is 1. The maximum Gasteiger partial charge on any atom is 0.408 e. The molecule has 0 atom stereocenters. The molecule has 1 amide bonds. The molecule has 0 aromatic carbocycles. The average molecular weight is 410 g/mol. The normalized spacial score (nSPS) is 15.1. The summed E-state index contributed by atoms with van der Waals surface area (Å²) < 4.78 is 10.5. The lowest BCUT2D eigenvalue weighted by Gasteiger charge is -2.27. The first-order valence-corrected chi connectivity index (χ1v) is 11.9. The van der Waals surface area contributed by atoms with E-state index in [1.807, 2.05) is 0 Å². The number of amides is 1. The van der Waals surface area contributed by atoms with Crippen LogP contribution in [0, 0.1) is 0 Å². The minimum Gasteiger partial charge on any atom is -0.464 e. The zero-order valence-corrected chi connectivity index (χ0v) is 18.6. The van der Waals surface area contributed by atoms with Crippen molar-refractivity contribution in [3.8, 4) is 0 Å². The van der Waals surface area contributed by atoms with Crippen LogP contribution >= 0.6 is 0 Å². The molecule has 0 saturated heterocycles. The van der Waals surface area contributed by atoms with E-state index < -0.39 is 11.6 Å². The van der Waals surface area contributed by atoms with Gasteiger partial charge in [-0.25, -0.2) is 9.59 Å². The van der Waals surface area contributed by atoms with E-state index in [1.54, 1.807) is 0 Å². The fourth-order valence-electron chi connectivity index (χ4n) is 3.97. The molecule has 0 unspecified atom stereocenters. The van der Waals surface area contributed by atoms with Crippen LogP contribution in [0.2, 0.25) is 0 Å². The third-order valence-corrected chi connectivity index (χ3v) is 5.75. The van der Waals surface area contributed by atoms with E-state index in [4.69, 9.17) is 9.47 Å². The maximum atomic E-state index is 12.6. The molecule has 0 radical (unpaired) electrons. The van der Waals surface area contributed by atoms with Gasteiger partial charge in [0.05, 0.1) is 6.61 Å². The molecular weight excluding hydrogens is 366 g/mol. The lowest BCUT2D eigenvalue weighted by Crippen LogP contribution is -2.53. The Kier molecular flexibility index (Phi) is 14.3. The number of ether oxygens (including phenoxy) is 2. The lowest BCUT2D eigenvalue weighted by molar-refractivity contribution is -0.151. The van der Waals surface area contributed by atoms with Gasteiger partial charge in [0.1, 0.15) is 12.1 Å². The molecule has 1 aliphatic rings. The summed E-state index contributed by atoms with van der Waals surface area (Å²) >= 11 is 0. The summed E-state index contributed by atoms with van der Waals surface area (Å²) in [6.45, 7) is 6.34. The monoisotopic (exact) mass is 409 g/mol. The predicted octanol–water partition coefficient (Wildman–Crippen LogP) is 6.46. The molecular formula is C24H43NO4. The van der Waals surface area contributed by atoms with Crippen molar-refractivity contribution < 1.29 is 19.1 Å². The molecule has 0 aliphatic heterocycles. The first kappa shape index (κ1) is 25.5. The van der Waals surface area contributed by atoms with Gasteiger partial charge in [-0.1, -0.05) is 103 Å². The van der Waals surface area contributed by atoms with Gasteiger partial charge in [0.2, 0.25) is 0 Å². The van der Waals surface area contributed by atoms with E-state index in [2.05, 4.69) is 18.8 Å². The van der Waals surface area contributed by atoms with Gasteiger partial charge in [-0.2, -0.15) is 0 Å². The highest BCUT2D eigenvalue weighted by atomic mass is 16.6. The molecule has 29 heavy (non-hydrogen) atoms. The van der Waals surface area contributed by atoms with Crippen LogP contribution in [0.4, 0.5) is 4.79 Å². The standard InChI is InChI=1S/C24H43NO4/c1-3-5-6-7-8-9-10-11-12-13-14-17-21-28-22(26)24(18-15-16-19-24)25-23(27)29-20-4-2/h4H,2-3,5-21H2,1H3,(H,25,27). The van der Waals surface area contributed by atoms with Crippen molar-refractivity contribution in [1.82, 2.24) is 5.32 Å². The maximum absolute atomic E-state index is 12.6. The third kappa shape index (κ3) is 11.3. The number of nitrogens with one attached hydrogen (secondary N) is 1. The molecule has 0 aromatic heterocycles. The Morgan fingerprint density at radius 2 is 1.38 bits per heavy atom. The summed E-state index contributed by atoms with van der Waals surface area (Å²) in [6.07, 6.45) is 19.3. The first-order valence-electron chi connectivity index (χ1n) is 11.9. The molecule has 1 N–H and O–H groups in total. The van der Waals surface area contributed by atoms with Crippen LogP contribution in [0.3, 0.4) is 0 Å². The number of hydrogen-bond donors (Lipinski definition) is 1. The Hall–Kier alpha value is -1.52. The number of hydrogen-bond acceptors (Lipinski definition) is 4. The lowest BCUT2D eigenvalue weighted by atomic mass is 9.98. The topological polar surface area (TPSA) is 64.6 Å². The van der Waals surface area contributed by atoms with Crippen molar-refractivity contribution >= 4 is 12.1 Å². The van der Waals surface area contributed by atoms with Crippen molar-refractivity contribution in [3.05, 3.63) is 12.7 Å². The number of rotatable bonds is 17. The molecule has 1 fully saturated rings. The van der Waals surface area contributed by atoms with Gasteiger partial charge < -0.3 is 14.8 Å². The summed E-state index contributed by atoms with van der Waals surface area (Å²) in [6, 6.07) is 0. The second kappa shape index (κ2) is 16.3. The second-order valence-electron chi connectivity index (χ2n) is 8.33. The average Bonchev–Trinajstić information content (AvgIpc) is 3.19. The van der Waals surface area contributed by atoms with Crippen molar-refractivity contribution in [3.63, 3.8) is 0 Å². The minimum atomic E-state index is -0.907. The summed E-state index contributed by atoms with van der Waals surface area (Å²) in [4.78, 5) is 24.4. The molecule has 0 aromatic rings. The molecule has 5 nitrogen and oxygen atoms in total. The Bertz CT molecular complexity index is 458. The van der Waals surface area contributed by atoms with Crippen LogP contribution < -0.4 is 5.32 Å². The van der Waals surface area contributed by atoms with E-state index in [0.29, 0.717) is 19.4 Å². The van der Waals surface area contributed by atoms with Gasteiger partial charge in [0.15, 0.2) is 0 Å². The molecule has 0 spiro atoms. The van der Waals surface area contributed by atoms with Crippen molar-refractivity contribution in [2.45, 2.75) is 115 Å². The number of esters is 1. The Morgan fingerprint density at radius 3 is 1.90 bits per heavy atom. The van der Waals surface area contributed by atoms with Gasteiger partial charge >= 0.3 is 12.1 Å². The second-order valence-corrected chi connectivity index (χ2v) is 8.33. The van der Waals surface area contributed by atoms with Crippen LogP contribution in [-0.2, 0) is 14.3 Å². The van der Waals surface area contributed by atoms with Crippen molar-refractivity contribution in [2.75, 3.05) is 13.2 Å². The highest BCUT2D eigenvalue weighted by molar-refractivity contribution is 5.86. The summed E-state index contributed by atoms with van der Waals surface area (Å²) in [7, 11) is 0. The number of carbonyl (C=O) groups excluding carboxylic acids is 2. The van der Waals surface area contributed by atoms with E-state index in [0.717, 1.165) is 25.7 Å². The first-order chi connectivity index (χ1) is 14.1. The van der Waals surface area contributed by atoms with Crippen molar-refractivity contribution in [1.29, 1.82) is 0 Å². The van der Waals surface area contributed by atoms with Crippen LogP contribution in [0.25, 0.3) is 0 Å². The number of carbonyl (C=O) groups is 2. The zero-order chi connectivity index (χ0) is 21.2. The Balaban J connectivity index is 2.07. The minimum absolute atomic E-state index is 0.135. The van der Waals surface area contributed by atoms with Gasteiger partial charge in [-0.15, -0.1) is 0 Å². The van der Waals surface area contributed by atoms with Crippen LogP contribution in [0.1, 0.15) is 110 Å². The smallest absolute Gasteiger partial charge is 0.408 e. The number of unbranched alkanes of at least 4 members (excludes halogenated alkanes) is 11. The Labute approximate surface area is 178 Å². The Morgan fingerprint density at radius 1 is 0.862 bits per heavy atom. The van der Waals surface area contributed by atoms with Gasteiger partial charge in [-0.3, -0.25) is 0 Å². The van der Waals surface area contributed by atoms with E-state index in [-0.39, 0.29) is 12.6 Å². The van der Waals surface area contributed by atoms with Gasteiger partial charge in [-0.05, 0) is 19.3 Å². The van der Waals surface area contributed by atoms with Crippen LogP contribution in [0.5, 0.6) is 0 Å². The molecule has 1 saturated carbocycles. The van der Waals surface area contributed by atoms with Gasteiger partial charge in [0.25, 0.3) is 0 Å². The molecule has 5 heteroatoms. The van der Waals surface area contributed by atoms with E-state index in [9.17, 15) is 9.59 Å². The zero-order valence-electron chi connectivity index (χ0n) is 18.6. The third-order valence-electron chi connectivity index (χ3n) is 5.75. The SMILES string of the molecule is C=CCOC(=O)NC1(C(=O)OCCCCCCCCCCCCCC)CCCC1. The van der Waals surface area contributed by atoms with Crippen molar-refractivity contribution in [2.24, 2.45) is 0 Å². The molecule has 1 rings (SSSR count). The fraction of sp³-hybridized carbons (Fsp3) is 0.833. The fourth-order valence-corrected chi connectivity index (χ4v) is 3.97. The molecule has 0 bridgehead atoms.